The molecule has 0 radical (unpaired) electrons. The minimum Gasteiger partial charge on any atom is -0.489 e. The maximum Gasteiger partial charge on any atom is 0.274 e. The molecule has 1 aliphatic rings. The molecule has 2 amide bonds. The van der Waals surface area contributed by atoms with E-state index >= 15 is 0 Å². The van der Waals surface area contributed by atoms with Crippen molar-refractivity contribution in [2.45, 2.75) is 23.7 Å². The molecule has 0 spiro atoms. The van der Waals surface area contributed by atoms with Gasteiger partial charge < -0.3 is 20.9 Å². The lowest BCUT2D eigenvalue weighted by atomic mass is 10.1. The summed E-state index contributed by atoms with van der Waals surface area (Å²) in [4.78, 5) is 23.8. The second kappa shape index (κ2) is 7.08. The molecule has 0 saturated carbocycles. The first-order valence-corrected chi connectivity index (χ1v) is 10.5. The third kappa shape index (κ3) is 3.68. The van der Waals surface area contributed by atoms with Crippen LogP contribution in [-0.2, 0) is 14.8 Å². The fourth-order valence-electron chi connectivity index (χ4n) is 2.53. The summed E-state index contributed by atoms with van der Waals surface area (Å²) in [5, 5.41) is 12.1. The molecular formula is C17H19N3O6S2. The number of ether oxygens (including phenoxy) is 1. The number of nitrogens with one attached hydrogen (secondary N) is 1. The Morgan fingerprint density at radius 3 is 2.64 bits per heavy atom. The van der Waals surface area contributed by atoms with Gasteiger partial charge in [-0.3, -0.25) is 13.9 Å². The van der Waals surface area contributed by atoms with Gasteiger partial charge in [-0.15, -0.1) is 11.3 Å². The zero-order valence-corrected chi connectivity index (χ0v) is 16.8. The molecule has 1 aliphatic heterocycles. The van der Waals surface area contributed by atoms with Crippen LogP contribution in [0.1, 0.15) is 24.2 Å². The summed E-state index contributed by atoms with van der Waals surface area (Å²) in [6.07, 6.45) is 0. The molecule has 4 N–H and O–H groups in total. The highest BCUT2D eigenvalue weighted by atomic mass is 32.2. The molecule has 0 aliphatic carbocycles. The number of benzene rings is 1. The number of amides is 2. The fourth-order valence-corrected chi connectivity index (χ4v) is 5.47. The number of aliphatic hydroxyl groups is 1. The van der Waals surface area contributed by atoms with Crippen LogP contribution in [0, 0.1) is 0 Å². The lowest BCUT2D eigenvalue weighted by molar-refractivity contribution is -0.130. The number of sulfonamides is 1. The Labute approximate surface area is 165 Å². The first kappa shape index (κ1) is 20.1. The highest BCUT2D eigenvalue weighted by Crippen LogP contribution is 2.39. The molecule has 3 rings (SSSR count). The van der Waals surface area contributed by atoms with Crippen LogP contribution in [0.15, 0.2) is 34.5 Å². The van der Waals surface area contributed by atoms with E-state index in [1.165, 1.54) is 18.2 Å². The predicted molar refractivity (Wildman–Crippen MR) is 104 cm³/mol. The lowest BCUT2D eigenvalue weighted by Gasteiger charge is -2.29. The van der Waals surface area contributed by atoms with Crippen molar-refractivity contribution in [2.24, 2.45) is 5.73 Å². The van der Waals surface area contributed by atoms with E-state index in [1.807, 2.05) is 0 Å². The van der Waals surface area contributed by atoms with Gasteiger partial charge in [0.25, 0.3) is 21.8 Å². The summed E-state index contributed by atoms with van der Waals surface area (Å²) < 4.78 is 32.9. The molecule has 9 nitrogen and oxygen atoms in total. The average molecular weight is 425 g/mol. The van der Waals surface area contributed by atoms with E-state index in [4.69, 9.17) is 10.5 Å². The van der Waals surface area contributed by atoms with E-state index < -0.39 is 27.4 Å². The Kier molecular flexibility index (Phi) is 5.08. The topological polar surface area (TPSA) is 139 Å². The second-order valence-corrected chi connectivity index (χ2v) is 9.72. The second-order valence-electron chi connectivity index (χ2n) is 6.58. The molecule has 28 heavy (non-hydrogen) atoms. The Hall–Kier alpha value is -2.63. The molecule has 2 aromatic rings. The van der Waals surface area contributed by atoms with E-state index in [9.17, 15) is 23.1 Å². The van der Waals surface area contributed by atoms with Crippen LogP contribution in [-0.4, -0.2) is 44.1 Å². The van der Waals surface area contributed by atoms with Crippen LogP contribution in [0.2, 0.25) is 0 Å². The van der Waals surface area contributed by atoms with Crippen molar-refractivity contribution in [3.05, 3.63) is 35.9 Å². The molecule has 1 aromatic carbocycles. The van der Waals surface area contributed by atoms with Gasteiger partial charge in [0.1, 0.15) is 27.2 Å². The Balaban J connectivity index is 2.03. The SMILES string of the molecule is CC(C)(O)C(=O)Nc1sc(S(=O)(=O)N2CCOc3ccccc32)cc1C(N)=O. The van der Waals surface area contributed by atoms with Crippen molar-refractivity contribution >= 4 is 43.9 Å². The Bertz CT molecular complexity index is 1040. The van der Waals surface area contributed by atoms with Crippen LogP contribution >= 0.6 is 11.3 Å². The number of primary amides is 1. The molecule has 0 saturated heterocycles. The maximum absolute atomic E-state index is 13.2. The van der Waals surface area contributed by atoms with E-state index in [0.717, 1.165) is 6.07 Å². The third-order valence-electron chi connectivity index (χ3n) is 3.99. The maximum atomic E-state index is 13.2. The number of nitrogens with zero attached hydrogens (tertiary/aromatic N) is 1. The summed E-state index contributed by atoms with van der Waals surface area (Å²) >= 11 is 0.693. The van der Waals surface area contributed by atoms with Crippen LogP contribution in [0.4, 0.5) is 10.7 Å². The molecule has 0 unspecified atom stereocenters. The van der Waals surface area contributed by atoms with Gasteiger partial charge in [-0.05, 0) is 32.0 Å². The lowest BCUT2D eigenvalue weighted by Crippen LogP contribution is -2.37. The summed E-state index contributed by atoms with van der Waals surface area (Å²) in [5.74, 6) is -1.26. The van der Waals surface area contributed by atoms with Crippen molar-refractivity contribution < 1.29 is 27.9 Å². The zero-order chi connectivity index (χ0) is 20.7. The highest BCUT2D eigenvalue weighted by molar-refractivity contribution is 7.94. The summed E-state index contributed by atoms with van der Waals surface area (Å²) in [5.41, 5.74) is 3.84. The molecule has 11 heteroatoms. The molecule has 2 heterocycles. The summed E-state index contributed by atoms with van der Waals surface area (Å²) in [6.45, 7) is 2.80. The van der Waals surface area contributed by atoms with Crippen molar-refractivity contribution in [1.29, 1.82) is 0 Å². The van der Waals surface area contributed by atoms with Gasteiger partial charge in [0, 0.05) is 0 Å². The van der Waals surface area contributed by atoms with Gasteiger partial charge in [0.15, 0.2) is 0 Å². The quantitative estimate of drug-likeness (QED) is 0.657. The molecule has 0 fully saturated rings. The third-order valence-corrected chi connectivity index (χ3v) is 7.30. The number of carbonyl (C=O) groups is 2. The summed E-state index contributed by atoms with van der Waals surface area (Å²) in [7, 11) is -4.03. The van der Waals surface area contributed by atoms with Gasteiger partial charge in [-0.25, -0.2) is 8.42 Å². The van der Waals surface area contributed by atoms with Crippen LogP contribution < -0.4 is 20.1 Å². The standard InChI is InChI=1S/C17H19N3O6S2/c1-17(2,23)16(22)19-15-10(14(18)21)9-13(27-15)28(24,25)20-7-8-26-12-6-4-3-5-11(12)20/h3-6,9,23H,7-8H2,1-2H3,(H2,18,21)(H,19,22). The molecule has 1 aromatic heterocycles. The number of carbonyl (C=O) groups excluding carboxylic acids is 2. The molecule has 0 atom stereocenters. The number of para-hydroxylation sites is 2. The van der Waals surface area contributed by atoms with E-state index in [2.05, 4.69) is 5.32 Å². The van der Waals surface area contributed by atoms with E-state index in [0.29, 0.717) is 22.8 Å². The molecule has 150 valence electrons. The van der Waals surface area contributed by atoms with E-state index in [1.54, 1.807) is 24.3 Å². The van der Waals surface area contributed by atoms with Crippen molar-refractivity contribution in [3.8, 4) is 5.75 Å². The van der Waals surface area contributed by atoms with Crippen LogP contribution in [0.25, 0.3) is 0 Å². The first-order chi connectivity index (χ1) is 13.0. The van der Waals surface area contributed by atoms with Crippen molar-refractivity contribution in [2.75, 3.05) is 22.8 Å². The van der Waals surface area contributed by atoms with Crippen molar-refractivity contribution in [1.82, 2.24) is 0 Å². The Morgan fingerprint density at radius 1 is 1.32 bits per heavy atom. The number of anilines is 2. The Morgan fingerprint density at radius 2 is 2.00 bits per heavy atom. The number of rotatable bonds is 5. The number of thiophene rings is 1. The minimum atomic E-state index is -4.03. The van der Waals surface area contributed by atoms with Gasteiger partial charge in [-0.2, -0.15) is 0 Å². The fraction of sp³-hybridized carbons (Fsp3) is 0.294. The van der Waals surface area contributed by atoms with Gasteiger partial charge in [-0.1, -0.05) is 12.1 Å². The minimum absolute atomic E-state index is 0.0419. The monoisotopic (exact) mass is 425 g/mol. The van der Waals surface area contributed by atoms with Gasteiger partial charge in [0.2, 0.25) is 0 Å². The number of hydrogen-bond donors (Lipinski definition) is 3. The number of nitrogens with two attached hydrogens (primary N) is 1. The van der Waals surface area contributed by atoms with Crippen molar-refractivity contribution in [3.63, 3.8) is 0 Å². The zero-order valence-electron chi connectivity index (χ0n) is 15.1. The predicted octanol–water partition coefficient (Wildman–Crippen LogP) is 1.14. The molecule has 0 bridgehead atoms. The van der Waals surface area contributed by atoms with Crippen LogP contribution in [0.3, 0.4) is 0 Å². The summed E-state index contributed by atoms with van der Waals surface area (Å²) in [6, 6.07) is 7.82. The first-order valence-electron chi connectivity index (χ1n) is 8.24. The molecular weight excluding hydrogens is 406 g/mol. The van der Waals surface area contributed by atoms with Gasteiger partial charge in [0.05, 0.1) is 17.8 Å². The smallest absolute Gasteiger partial charge is 0.274 e. The highest BCUT2D eigenvalue weighted by Gasteiger charge is 2.34. The average Bonchev–Trinajstić information content (AvgIpc) is 3.05. The number of fused-ring (bicyclic) bond motifs is 1. The van der Waals surface area contributed by atoms with Gasteiger partial charge >= 0.3 is 0 Å². The normalized spacial score (nSPS) is 14.2. The largest absolute Gasteiger partial charge is 0.489 e. The van der Waals surface area contributed by atoms with Crippen LogP contribution in [0.5, 0.6) is 5.75 Å². The number of hydrogen-bond acceptors (Lipinski definition) is 7. The van der Waals surface area contributed by atoms with E-state index in [-0.39, 0.29) is 27.9 Å².